The maximum absolute atomic E-state index is 12.7. The molecule has 184 valence electrons. The van der Waals surface area contributed by atoms with Crippen LogP contribution in [0.5, 0.6) is 0 Å². The summed E-state index contributed by atoms with van der Waals surface area (Å²) in [5, 5.41) is 26.6. The van der Waals surface area contributed by atoms with Gasteiger partial charge in [0.15, 0.2) is 0 Å². The van der Waals surface area contributed by atoms with Crippen molar-refractivity contribution in [2.24, 2.45) is 5.92 Å². The first-order chi connectivity index (χ1) is 15.6. The number of rotatable bonds is 13. The summed E-state index contributed by atoms with van der Waals surface area (Å²) in [6.07, 6.45) is 1.38. The highest BCUT2D eigenvalue weighted by Gasteiger charge is 2.27. The molecule has 1 aromatic rings. The fourth-order valence-electron chi connectivity index (χ4n) is 3.07. The number of benzene rings is 1. The van der Waals surface area contributed by atoms with Crippen LogP contribution in [-0.2, 0) is 37.1 Å². The molecular weight excluding hydrogens is 430 g/mol. The average molecular weight is 466 g/mol. The molecular formula is C23H35N3O7. The molecule has 0 saturated carbocycles. The van der Waals surface area contributed by atoms with Crippen LogP contribution in [0.25, 0.3) is 0 Å². The summed E-state index contributed by atoms with van der Waals surface area (Å²) in [4.78, 5) is 48.6. The highest BCUT2D eigenvalue weighted by Crippen LogP contribution is 2.16. The molecule has 10 heteroatoms. The maximum atomic E-state index is 12.7. The van der Waals surface area contributed by atoms with Crippen molar-refractivity contribution in [1.82, 2.24) is 10.6 Å². The lowest BCUT2D eigenvalue weighted by atomic mass is 10.0. The average Bonchev–Trinajstić information content (AvgIpc) is 2.79. The molecule has 33 heavy (non-hydrogen) atoms. The van der Waals surface area contributed by atoms with E-state index in [0.29, 0.717) is 29.7 Å². The van der Waals surface area contributed by atoms with Gasteiger partial charge in [-0.15, -0.1) is 0 Å². The Labute approximate surface area is 194 Å². The number of hydrogen-bond acceptors (Lipinski definition) is 7. The number of methoxy groups -OCH3 is 1. The van der Waals surface area contributed by atoms with Gasteiger partial charge in [0.2, 0.25) is 17.7 Å². The minimum absolute atomic E-state index is 0.165. The van der Waals surface area contributed by atoms with E-state index in [2.05, 4.69) is 20.7 Å². The van der Waals surface area contributed by atoms with Crippen molar-refractivity contribution < 1.29 is 34.1 Å². The number of carbonyl (C=O) groups excluding carboxylic acids is 4. The van der Waals surface area contributed by atoms with Crippen LogP contribution in [0.2, 0.25) is 0 Å². The van der Waals surface area contributed by atoms with Crippen LogP contribution < -0.4 is 16.0 Å². The van der Waals surface area contributed by atoms with Gasteiger partial charge in [0.05, 0.1) is 20.3 Å². The van der Waals surface area contributed by atoms with Gasteiger partial charge in [-0.2, -0.15) is 0 Å². The fraction of sp³-hybridized carbons (Fsp3) is 0.565. The Hall–Kier alpha value is -2.98. The normalized spacial score (nSPS) is 12.6. The smallest absolute Gasteiger partial charge is 0.305 e. The summed E-state index contributed by atoms with van der Waals surface area (Å²) in [6.45, 7) is 4.58. The van der Waals surface area contributed by atoms with Gasteiger partial charge in [0, 0.05) is 18.5 Å². The first-order valence-electron chi connectivity index (χ1n) is 10.9. The molecule has 0 aliphatic rings. The van der Waals surface area contributed by atoms with Crippen molar-refractivity contribution in [1.29, 1.82) is 0 Å². The minimum atomic E-state index is -0.897. The third-order valence-electron chi connectivity index (χ3n) is 4.97. The van der Waals surface area contributed by atoms with Crippen molar-refractivity contribution in [3.63, 3.8) is 0 Å². The molecule has 0 heterocycles. The number of amides is 3. The first-order valence-corrected chi connectivity index (χ1v) is 10.9. The van der Waals surface area contributed by atoms with E-state index >= 15 is 0 Å². The molecule has 2 atom stereocenters. The van der Waals surface area contributed by atoms with Crippen LogP contribution in [0, 0.1) is 5.92 Å². The zero-order valence-electron chi connectivity index (χ0n) is 19.6. The number of hydrogen-bond donors (Lipinski definition) is 5. The van der Waals surface area contributed by atoms with Gasteiger partial charge in [-0.25, -0.2) is 0 Å². The molecule has 0 bridgehead atoms. The molecule has 3 amide bonds. The zero-order valence-corrected chi connectivity index (χ0v) is 19.6. The van der Waals surface area contributed by atoms with Crippen molar-refractivity contribution in [3.8, 4) is 0 Å². The number of anilines is 1. The second-order valence-electron chi connectivity index (χ2n) is 8.15. The summed E-state index contributed by atoms with van der Waals surface area (Å²) >= 11 is 0. The molecule has 0 saturated heterocycles. The molecule has 0 aliphatic carbocycles. The molecule has 0 aromatic heterocycles. The highest BCUT2D eigenvalue weighted by atomic mass is 16.5. The van der Waals surface area contributed by atoms with Crippen molar-refractivity contribution in [2.45, 2.75) is 71.8 Å². The van der Waals surface area contributed by atoms with Crippen LogP contribution in [-0.4, -0.2) is 53.1 Å². The lowest BCUT2D eigenvalue weighted by Crippen LogP contribution is -2.53. The summed E-state index contributed by atoms with van der Waals surface area (Å²) < 4.78 is 4.55. The number of ether oxygens (including phenoxy) is 1. The van der Waals surface area contributed by atoms with Gasteiger partial charge in [-0.05, 0) is 48.9 Å². The second kappa shape index (κ2) is 14.2. The Balaban J connectivity index is 2.64. The standard InChI is InChI=1S/C23H35N3O7/c1-14(2)21(26-19(29)7-5-6-8-20(30)33-4)23(32)24-15(3)22(31)25-18-10-16(12-27)9-17(11-18)13-28/h9-11,14-15,21,27-28H,5-8,12-13H2,1-4H3,(H,24,32)(H,25,31)(H,26,29)/t15-,21-/m0/s1. The maximum Gasteiger partial charge on any atom is 0.305 e. The van der Waals surface area contributed by atoms with Gasteiger partial charge < -0.3 is 30.9 Å². The summed E-state index contributed by atoms with van der Waals surface area (Å²) in [5.41, 5.74) is 1.45. The molecule has 1 rings (SSSR count). The van der Waals surface area contributed by atoms with Crippen molar-refractivity contribution in [3.05, 3.63) is 29.3 Å². The van der Waals surface area contributed by atoms with Crippen LogP contribution in [0.1, 0.15) is 57.6 Å². The number of nitrogens with one attached hydrogen (secondary N) is 3. The third kappa shape index (κ3) is 10.0. The van der Waals surface area contributed by atoms with Gasteiger partial charge in [0.1, 0.15) is 12.1 Å². The monoisotopic (exact) mass is 465 g/mol. The van der Waals surface area contributed by atoms with Gasteiger partial charge >= 0.3 is 5.97 Å². The quantitative estimate of drug-likeness (QED) is 0.215. The predicted octanol–water partition coefficient (Wildman–Crippen LogP) is 0.989. The molecule has 0 unspecified atom stereocenters. The number of carbonyl (C=O) groups is 4. The lowest BCUT2D eigenvalue weighted by molar-refractivity contribution is -0.140. The van der Waals surface area contributed by atoms with E-state index in [4.69, 9.17) is 0 Å². The summed E-state index contributed by atoms with van der Waals surface area (Å²) in [7, 11) is 1.31. The highest BCUT2D eigenvalue weighted by molar-refractivity contribution is 5.98. The Morgan fingerprint density at radius 2 is 1.45 bits per heavy atom. The van der Waals surface area contributed by atoms with Crippen LogP contribution in [0.15, 0.2) is 18.2 Å². The largest absolute Gasteiger partial charge is 0.469 e. The van der Waals surface area contributed by atoms with Crippen molar-refractivity contribution >= 4 is 29.4 Å². The number of aliphatic hydroxyl groups excluding tert-OH is 2. The molecule has 0 aliphatic heterocycles. The molecule has 10 nitrogen and oxygen atoms in total. The summed E-state index contributed by atoms with van der Waals surface area (Å²) in [6, 6.07) is 3.04. The Bertz CT molecular complexity index is 804. The predicted molar refractivity (Wildman–Crippen MR) is 122 cm³/mol. The van der Waals surface area contributed by atoms with Crippen LogP contribution in [0.4, 0.5) is 5.69 Å². The summed E-state index contributed by atoms with van der Waals surface area (Å²) in [5.74, 6) is -1.84. The van der Waals surface area contributed by atoms with Gasteiger partial charge in [0.25, 0.3) is 0 Å². The molecule has 1 aromatic carbocycles. The van der Waals surface area contributed by atoms with E-state index in [9.17, 15) is 29.4 Å². The van der Waals surface area contributed by atoms with Gasteiger partial charge in [-0.3, -0.25) is 19.2 Å². The third-order valence-corrected chi connectivity index (χ3v) is 4.97. The van der Waals surface area contributed by atoms with Crippen LogP contribution in [0.3, 0.4) is 0 Å². The topological polar surface area (TPSA) is 154 Å². The van der Waals surface area contributed by atoms with E-state index in [1.807, 2.05) is 0 Å². The molecule has 5 N–H and O–H groups in total. The number of aliphatic hydroxyl groups is 2. The van der Waals surface area contributed by atoms with E-state index < -0.39 is 23.9 Å². The van der Waals surface area contributed by atoms with Crippen LogP contribution >= 0.6 is 0 Å². The molecule has 0 fully saturated rings. The zero-order chi connectivity index (χ0) is 25.0. The molecule has 0 spiro atoms. The van der Waals surface area contributed by atoms with E-state index in [1.165, 1.54) is 14.0 Å². The lowest BCUT2D eigenvalue weighted by Gasteiger charge is -2.24. The Morgan fingerprint density at radius 1 is 0.879 bits per heavy atom. The van der Waals surface area contributed by atoms with Crippen molar-refractivity contribution in [2.75, 3.05) is 12.4 Å². The van der Waals surface area contributed by atoms with E-state index in [1.54, 1.807) is 32.0 Å². The number of esters is 1. The fourth-order valence-corrected chi connectivity index (χ4v) is 3.07. The van der Waals surface area contributed by atoms with E-state index in [-0.39, 0.29) is 43.8 Å². The Kier molecular flexibility index (Phi) is 12.1. The minimum Gasteiger partial charge on any atom is -0.469 e. The van der Waals surface area contributed by atoms with E-state index in [0.717, 1.165) is 0 Å². The SMILES string of the molecule is COC(=O)CCCCC(=O)N[C@H](C(=O)N[C@@H](C)C(=O)Nc1cc(CO)cc(CO)c1)C(C)C. The second-order valence-corrected chi connectivity index (χ2v) is 8.15. The molecule has 0 radical (unpaired) electrons. The van der Waals surface area contributed by atoms with Gasteiger partial charge in [-0.1, -0.05) is 19.9 Å². The first kappa shape index (κ1) is 28.1. The number of unbranched alkanes of at least 4 members (excludes halogenated alkanes) is 1. The Morgan fingerprint density at radius 3 is 1.97 bits per heavy atom.